The lowest BCUT2D eigenvalue weighted by atomic mass is 9.94. The Hall–Kier alpha value is -2.89. The van der Waals surface area contributed by atoms with Crippen molar-refractivity contribution >= 4 is 17.5 Å². The van der Waals surface area contributed by atoms with Gasteiger partial charge in [0.05, 0.1) is 13.0 Å². The van der Waals surface area contributed by atoms with Crippen LogP contribution in [0.3, 0.4) is 0 Å². The van der Waals surface area contributed by atoms with Crippen LogP contribution in [0.25, 0.3) is 0 Å². The Morgan fingerprint density at radius 3 is 2.47 bits per heavy atom. The topological polar surface area (TPSA) is 49.9 Å². The van der Waals surface area contributed by atoms with Crippen molar-refractivity contribution in [2.24, 2.45) is 5.92 Å². The summed E-state index contributed by atoms with van der Waals surface area (Å²) in [6.07, 6.45) is 3.30. The number of carbonyl (C=O) groups excluding carboxylic acids is 2. The Kier molecular flexibility index (Phi) is 6.02. The maximum absolute atomic E-state index is 13.3. The van der Waals surface area contributed by atoms with E-state index in [9.17, 15) is 14.0 Å². The summed E-state index contributed by atoms with van der Waals surface area (Å²) in [4.78, 5) is 29.3. The summed E-state index contributed by atoms with van der Waals surface area (Å²) in [7, 11) is 1.65. The van der Waals surface area contributed by atoms with Crippen molar-refractivity contribution in [1.82, 2.24) is 4.90 Å². The second-order valence-electron chi connectivity index (χ2n) is 8.13. The Bertz CT molecular complexity index is 898. The third kappa shape index (κ3) is 4.32. The molecule has 0 aliphatic carbocycles. The minimum Gasteiger partial charge on any atom is -0.497 e. The van der Waals surface area contributed by atoms with Gasteiger partial charge >= 0.3 is 0 Å². The first-order valence-corrected chi connectivity index (χ1v) is 10.5. The number of anilines is 1. The molecule has 2 fully saturated rings. The second kappa shape index (κ2) is 8.86. The quantitative estimate of drug-likeness (QED) is 0.766. The van der Waals surface area contributed by atoms with E-state index in [0.717, 1.165) is 31.6 Å². The molecule has 2 amide bonds. The van der Waals surface area contributed by atoms with Crippen molar-refractivity contribution in [2.45, 2.75) is 31.6 Å². The van der Waals surface area contributed by atoms with E-state index in [4.69, 9.17) is 4.74 Å². The molecule has 2 unspecified atom stereocenters. The standard InChI is InChI=1S/C24H27FN2O3/c1-30-22-11-5-17(6-12-22)18-4-2-3-13-26(15-18)24(29)19-14-23(28)27(16-19)21-9-7-20(25)8-10-21/h5-12,18-19H,2-4,13-16H2,1H3. The van der Waals surface area contributed by atoms with E-state index < -0.39 is 0 Å². The average Bonchev–Trinajstić information content (AvgIpc) is 2.99. The van der Waals surface area contributed by atoms with Crippen molar-refractivity contribution in [2.75, 3.05) is 31.6 Å². The van der Waals surface area contributed by atoms with Gasteiger partial charge in [-0.05, 0) is 54.8 Å². The molecule has 158 valence electrons. The number of benzene rings is 2. The van der Waals surface area contributed by atoms with Crippen molar-refractivity contribution in [3.05, 3.63) is 59.9 Å². The number of nitrogens with zero attached hydrogens (tertiary/aromatic N) is 2. The summed E-state index contributed by atoms with van der Waals surface area (Å²) in [5.74, 6) is 0.387. The molecule has 0 saturated carbocycles. The largest absolute Gasteiger partial charge is 0.497 e. The predicted molar refractivity (Wildman–Crippen MR) is 113 cm³/mol. The van der Waals surface area contributed by atoms with E-state index in [-0.39, 0.29) is 35.9 Å². The summed E-state index contributed by atoms with van der Waals surface area (Å²) in [5.41, 5.74) is 1.86. The monoisotopic (exact) mass is 410 g/mol. The van der Waals surface area contributed by atoms with E-state index in [2.05, 4.69) is 12.1 Å². The number of ether oxygens (including phenoxy) is 1. The zero-order valence-corrected chi connectivity index (χ0v) is 17.2. The number of hydrogen-bond donors (Lipinski definition) is 0. The molecule has 5 nitrogen and oxygen atoms in total. The first-order chi connectivity index (χ1) is 14.5. The molecule has 6 heteroatoms. The number of halogens is 1. The molecule has 2 aromatic carbocycles. The third-order valence-electron chi connectivity index (χ3n) is 6.18. The molecular formula is C24H27FN2O3. The van der Waals surface area contributed by atoms with E-state index >= 15 is 0 Å². The Morgan fingerprint density at radius 1 is 1.03 bits per heavy atom. The van der Waals surface area contributed by atoms with Gasteiger partial charge < -0.3 is 14.5 Å². The SMILES string of the molecule is COc1ccc(C2CCCCN(C(=O)C3CC(=O)N(c4ccc(F)cc4)C3)C2)cc1. The van der Waals surface area contributed by atoms with Gasteiger partial charge in [0.15, 0.2) is 0 Å². The van der Waals surface area contributed by atoms with E-state index in [0.29, 0.717) is 18.8 Å². The molecule has 2 heterocycles. The van der Waals surface area contributed by atoms with Crippen molar-refractivity contribution in [3.8, 4) is 5.75 Å². The van der Waals surface area contributed by atoms with Crippen molar-refractivity contribution < 1.29 is 18.7 Å². The zero-order chi connectivity index (χ0) is 21.1. The van der Waals surface area contributed by atoms with Crippen LogP contribution in [0.2, 0.25) is 0 Å². The van der Waals surface area contributed by atoms with Crippen molar-refractivity contribution in [3.63, 3.8) is 0 Å². The van der Waals surface area contributed by atoms with Crippen LogP contribution in [-0.4, -0.2) is 43.5 Å². The molecule has 0 spiro atoms. The fourth-order valence-electron chi connectivity index (χ4n) is 4.49. The lowest BCUT2D eigenvalue weighted by molar-refractivity contribution is -0.135. The summed E-state index contributed by atoms with van der Waals surface area (Å²) in [5, 5.41) is 0. The first kappa shape index (κ1) is 20.4. The van der Waals surface area contributed by atoms with Gasteiger partial charge in [0, 0.05) is 37.7 Å². The maximum Gasteiger partial charge on any atom is 0.228 e. The highest BCUT2D eigenvalue weighted by Crippen LogP contribution is 2.31. The van der Waals surface area contributed by atoms with Crippen LogP contribution in [0.1, 0.15) is 37.2 Å². The molecule has 2 aromatic rings. The van der Waals surface area contributed by atoms with Crippen LogP contribution in [0.4, 0.5) is 10.1 Å². The minimum absolute atomic E-state index is 0.0494. The molecule has 4 rings (SSSR count). The minimum atomic E-state index is -0.350. The smallest absolute Gasteiger partial charge is 0.228 e. The van der Waals surface area contributed by atoms with Crippen molar-refractivity contribution in [1.29, 1.82) is 0 Å². The van der Waals surface area contributed by atoms with Gasteiger partial charge in [-0.2, -0.15) is 0 Å². The van der Waals surface area contributed by atoms with Gasteiger partial charge in [-0.3, -0.25) is 9.59 Å². The number of methoxy groups -OCH3 is 1. The van der Waals surface area contributed by atoms with Crippen LogP contribution in [0.5, 0.6) is 5.75 Å². The maximum atomic E-state index is 13.3. The number of amides is 2. The van der Waals surface area contributed by atoms with E-state index in [1.165, 1.54) is 17.7 Å². The van der Waals surface area contributed by atoms with Gasteiger partial charge in [-0.25, -0.2) is 4.39 Å². The van der Waals surface area contributed by atoms with Gasteiger partial charge in [-0.1, -0.05) is 18.6 Å². The van der Waals surface area contributed by atoms with Gasteiger partial charge in [-0.15, -0.1) is 0 Å². The normalized spacial score (nSPS) is 22.1. The van der Waals surface area contributed by atoms with Crippen LogP contribution in [0, 0.1) is 11.7 Å². The second-order valence-corrected chi connectivity index (χ2v) is 8.13. The Labute approximate surface area is 176 Å². The molecule has 0 N–H and O–H groups in total. The van der Waals surface area contributed by atoms with Crippen LogP contribution in [0.15, 0.2) is 48.5 Å². The third-order valence-corrected chi connectivity index (χ3v) is 6.18. The summed E-state index contributed by atoms with van der Waals surface area (Å²) < 4.78 is 18.5. The molecule has 0 radical (unpaired) electrons. The lowest BCUT2D eigenvalue weighted by Gasteiger charge is -2.27. The fraction of sp³-hybridized carbons (Fsp3) is 0.417. The molecular weight excluding hydrogens is 383 g/mol. The fourth-order valence-corrected chi connectivity index (χ4v) is 4.49. The van der Waals surface area contributed by atoms with Gasteiger partial charge in [0.25, 0.3) is 0 Å². The first-order valence-electron chi connectivity index (χ1n) is 10.5. The number of carbonyl (C=O) groups is 2. The zero-order valence-electron chi connectivity index (χ0n) is 17.2. The van der Waals surface area contributed by atoms with Gasteiger partial charge in [0.1, 0.15) is 11.6 Å². The lowest BCUT2D eigenvalue weighted by Crippen LogP contribution is -2.39. The number of hydrogen-bond acceptors (Lipinski definition) is 3. The Morgan fingerprint density at radius 2 is 1.77 bits per heavy atom. The molecule has 0 aromatic heterocycles. The number of rotatable bonds is 4. The highest BCUT2D eigenvalue weighted by Gasteiger charge is 2.38. The average molecular weight is 410 g/mol. The summed E-state index contributed by atoms with van der Waals surface area (Å²) >= 11 is 0. The van der Waals surface area contributed by atoms with E-state index in [1.807, 2.05) is 17.0 Å². The Balaban J connectivity index is 1.45. The highest BCUT2D eigenvalue weighted by atomic mass is 19.1. The van der Waals surface area contributed by atoms with E-state index in [1.54, 1.807) is 24.1 Å². The molecule has 2 aliphatic rings. The summed E-state index contributed by atoms with van der Waals surface area (Å²) in [6.45, 7) is 1.76. The summed E-state index contributed by atoms with van der Waals surface area (Å²) in [6, 6.07) is 13.9. The van der Waals surface area contributed by atoms with Crippen LogP contribution >= 0.6 is 0 Å². The molecule has 2 aliphatic heterocycles. The molecule has 30 heavy (non-hydrogen) atoms. The van der Waals surface area contributed by atoms with Crippen LogP contribution < -0.4 is 9.64 Å². The number of likely N-dealkylation sites (tertiary alicyclic amines) is 1. The predicted octanol–water partition coefficient (Wildman–Crippen LogP) is 3.98. The van der Waals surface area contributed by atoms with Gasteiger partial charge in [0.2, 0.25) is 11.8 Å². The highest BCUT2D eigenvalue weighted by molar-refractivity contribution is 6.00. The molecule has 2 saturated heterocycles. The van der Waals surface area contributed by atoms with Crippen LogP contribution in [-0.2, 0) is 9.59 Å². The molecule has 0 bridgehead atoms. The molecule has 2 atom stereocenters.